The first-order chi connectivity index (χ1) is 10.00. The quantitative estimate of drug-likeness (QED) is 0.826. The number of alkyl halides is 2. The molecule has 0 amide bonds. The zero-order chi connectivity index (χ0) is 14.9. The highest BCUT2D eigenvalue weighted by atomic mass is 19.3. The summed E-state index contributed by atoms with van der Waals surface area (Å²) in [5.74, 6) is -1.70. The summed E-state index contributed by atoms with van der Waals surface area (Å²) in [5, 5.41) is 0. The molecule has 4 heteroatoms. The molecule has 2 saturated carbocycles. The van der Waals surface area contributed by atoms with E-state index in [1.165, 1.54) is 32.1 Å². The van der Waals surface area contributed by atoms with E-state index in [0.717, 1.165) is 19.4 Å². The molecule has 0 radical (unpaired) electrons. The zero-order valence-electron chi connectivity index (χ0n) is 13.0. The van der Waals surface area contributed by atoms with Crippen LogP contribution in [0.1, 0.15) is 70.6 Å². The molecular formula is C17H29F2NO. The largest absolute Gasteiger partial charge is 0.375 e. The van der Waals surface area contributed by atoms with E-state index in [2.05, 4.69) is 0 Å². The van der Waals surface area contributed by atoms with E-state index in [1.54, 1.807) is 0 Å². The molecule has 0 aromatic carbocycles. The van der Waals surface area contributed by atoms with Crippen LogP contribution in [0.25, 0.3) is 0 Å². The monoisotopic (exact) mass is 301 g/mol. The summed E-state index contributed by atoms with van der Waals surface area (Å²) in [6.07, 6.45) is 9.49. The molecule has 1 aliphatic heterocycles. The highest BCUT2D eigenvalue weighted by molar-refractivity contribution is 4.95. The number of ether oxygens (including phenoxy) is 1. The predicted molar refractivity (Wildman–Crippen MR) is 79.4 cm³/mol. The summed E-state index contributed by atoms with van der Waals surface area (Å²) in [6.45, 7) is 0.807. The molecule has 21 heavy (non-hydrogen) atoms. The van der Waals surface area contributed by atoms with Crippen LogP contribution in [0.4, 0.5) is 8.78 Å². The van der Waals surface area contributed by atoms with Crippen LogP contribution >= 0.6 is 0 Å². The molecule has 0 bridgehead atoms. The van der Waals surface area contributed by atoms with Gasteiger partial charge in [-0.2, -0.15) is 0 Å². The fourth-order valence-corrected chi connectivity index (χ4v) is 4.77. The molecule has 3 aliphatic rings. The molecule has 1 spiro atoms. The molecule has 1 heterocycles. The van der Waals surface area contributed by atoms with Gasteiger partial charge in [-0.3, -0.25) is 0 Å². The van der Waals surface area contributed by atoms with Crippen LogP contribution < -0.4 is 5.73 Å². The Morgan fingerprint density at radius 1 is 0.905 bits per heavy atom. The van der Waals surface area contributed by atoms with Crippen LogP contribution in [0.2, 0.25) is 0 Å². The fourth-order valence-electron chi connectivity index (χ4n) is 4.77. The van der Waals surface area contributed by atoms with Crippen LogP contribution in [0.3, 0.4) is 0 Å². The van der Waals surface area contributed by atoms with Crippen molar-refractivity contribution in [3.05, 3.63) is 0 Å². The first kappa shape index (κ1) is 15.7. The van der Waals surface area contributed by atoms with Gasteiger partial charge in [-0.25, -0.2) is 8.78 Å². The lowest BCUT2D eigenvalue weighted by atomic mass is 9.70. The number of halogens is 2. The van der Waals surface area contributed by atoms with Gasteiger partial charge in [0.05, 0.1) is 5.60 Å². The lowest BCUT2D eigenvalue weighted by Gasteiger charge is -2.46. The summed E-state index contributed by atoms with van der Waals surface area (Å²) < 4.78 is 32.7. The van der Waals surface area contributed by atoms with Gasteiger partial charge in [-0.15, -0.1) is 0 Å². The van der Waals surface area contributed by atoms with Crippen molar-refractivity contribution >= 4 is 0 Å². The van der Waals surface area contributed by atoms with Gasteiger partial charge in [-0.05, 0) is 50.4 Å². The standard InChI is InChI=1S/C17H29F2NO/c18-17(19)9-4-13(5-10-17)15(20)14-6-11-21-16(12-14)7-2-1-3-8-16/h13-15H,1-12,20H2. The molecule has 0 aromatic heterocycles. The molecule has 2 atom stereocenters. The molecular weight excluding hydrogens is 272 g/mol. The number of nitrogens with two attached hydrogens (primary N) is 1. The minimum Gasteiger partial charge on any atom is -0.375 e. The Hall–Kier alpha value is -0.220. The summed E-state index contributed by atoms with van der Waals surface area (Å²) >= 11 is 0. The maximum atomic E-state index is 13.3. The summed E-state index contributed by atoms with van der Waals surface area (Å²) in [5.41, 5.74) is 6.57. The minimum absolute atomic E-state index is 0.0275. The van der Waals surface area contributed by atoms with Crippen molar-refractivity contribution in [3.63, 3.8) is 0 Å². The van der Waals surface area contributed by atoms with E-state index in [1.807, 2.05) is 0 Å². The van der Waals surface area contributed by atoms with Crippen LogP contribution in [-0.4, -0.2) is 24.2 Å². The van der Waals surface area contributed by atoms with Crippen LogP contribution in [0.5, 0.6) is 0 Å². The van der Waals surface area contributed by atoms with Crippen LogP contribution in [-0.2, 0) is 4.74 Å². The van der Waals surface area contributed by atoms with Crippen molar-refractivity contribution in [3.8, 4) is 0 Å². The Bertz CT molecular complexity index is 339. The second-order valence-corrected chi connectivity index (χ2v) is 7.62. The highest BCUT2D eigenvalue weighted by Gasteiger charge is 2.43. The Morgan fingerprint density at radius 3 is 2.24 bits per heavy atom. The van der Waals surface area contributed by atoms with Gasteiger partial charge in [0, 0.05) is 25.5 Å². The van der Waals surface area contributed by atoms with Crippen LogP contribution in [0.15, 0.2) is 0 Å². The van der Waals surface area contributed by atoms with Gasteiger partial charge in [0.1, 0.15) is 0 Å². The third kappa shape index (κ3) is 3.58. The van der Waals surface area contributed by atoms with Gasteiger partial charge in [0.15, 0.2) is 0 Å². The van der Waals surface area contributed by atoms with Gasteiger partial charge in [0.2, 0.25) is 5.92 Å². The van der Waals surface area contributed by atoms with E-state index >= 15 is 0 Å². The van der Waals surface area contributed by atoms with Crippen molar-refractivity contribution < 1.29 is 13.5 Å². The summed E-state index contributed by atoms with van der Waals surface area (Å²) in [7, 11) is 0. The molecule has 1 saturated heterocycles. The van der Waals surface area contributed by atoms with Crippen molar-refractivity contribution in [1.29, 1.82) is 0 Å². The third-order valence-corrected chi connectivity index (χ3v) is 6.15. The van der Waals surface area contributed by atoms with Crippen molar-refractivity contribution in [2.24, 2.45) is 17.6 Å². The molecule has 2 aliphatic carbocycles. The smallest absolute Gasteiger partial charge is 0.248 e. The van der Waals surface area contributed by atoms with E-state index in [9.17, 15) is 8.78 Å². The molecule has 3 rings (SSSR count). The van der Waals surface area contributed by atoms with E-state index in [4.69, 9.17) is 10.5 Å². The Labute approximate surface area is 126 Å². The summed E-state index contributed by atoms with van der Waals surface area (Å²) in [4.78, 5) is 0. The normalized spacial score (nSPS) is 34.7. The lowest BCUT2D eigenvalue weighted by Crippen LogP contribution is -2.49. The lowest BCUT2D eigenvalue weighted by molar-refractivity contribution is -0.125. The summed E-state index contributed by atoms with van der Waals surface area (Å²) in [6, 6.07) is 0.0869. The predicted octanol–water partition coefficient (Wildman–Crippen LogP) is 4.27. The molecule has 2 N–H and O–H groups in total. The van der Waals surface area contributed by atoms with Gasteiger partial charge < -0.3 is 10.5 Å². The molecule has 3 fully saturated rings. The number of rotatable bonds is 2. The van der Waals surface area contributed by atoms with Crippen molar-refractivity contribution in [2.45, 2.75) is 88.2 Å². The van der Waals surface area contributed by atoms with Gasteiger partial charge in [-0.1, -0.05) is 19.3 Å². The number of hydrogen-bond donors (Lipinski definition) is 1. The van der Waals surface area contributed by atoms with Crippen LogP contribution in [0, 0.1) is 11.8 Å². The second-order valence-electron chi connectivity index (χ2n) is 7.62. The first-order valence-electron chi connectivity index (χ1n) is 8.77. The molecule has 122 valence electrons. The van der Waals surface area contributed by atoms with E-state index in [-0.39, 0.29) is 30.4 Å². The van der Waals surface area contributed by atoms with Crippen molar-refractivity contribution in [2.75, 3.05) is 6.61 Å². The molecule has 2 nitrogen and oxygen atoms in total. The highest BCUT2D eigenvalue weighted by Crippen LogP contribution is 2.44. The van der Waals surface area contributed by atoms with Crippen molar-refractivity contribution in [1.82, 2.24) is 0 Å². The van der Waals surface area contributed by atoms with E-state index in [0.29, 0.717) is 18.8 Å². The number of hydrogen-bond acceptors (Lipinski definition) is 2. The molecule has 0 aromatic rings. The second kappa shape index (κ2) is 6.11. The van der Waals surface area contributed by atoms with Gasteiger partial charge in [0.25, 0.3) is 0 Å². The third-order valence-electron chi connectivity index (χ3n) is 6.15. The SMILES string of the molecule is NC(C1CCC(F)(F)CC1)C1CCOC2(CCCCC2)C1. The maximum Gasteiger partial charge on any atom is 0.248 e. The van der Waals surface area contributed by atoms with Gasteiger partial charge >= 0.3 is 0 Å². The zero-order valence-corrected chi connectivity index (χ0v) is 13.0. The topological polar surface area (TPSA) is 35.2 Å². The minimum atomic E-state index is -2.45. The molecule has 2 unspecified atom stereocenters. The maximum absolute atomic E-state index is 13.3. The Morgan fingerprint density at radius 2 is 1.57 bits per heavy atom. The average Bonchev–Trinajstić information content (AvgIpc) is 2.47. The Balaban J connectivity index is 1.58. The average molecular weight is 301 g/mol. The first-order valence-corrected chi connectivity index (χ1v) is 8.77. The Kier molecular flexibility index (Phi) is 4.56. The van der Waals surface area contributed by atoms with E-state index < -0.39 is 5.92 Å². The fraction of sp³-hybridized carbons (Fsp3) is 1.00.